The van der Waals surface area contributed by atoms with E-state index < -0.39 is 23.7 Å². The molecule has 1 heterocycles. The van der Waals surface area contributed by atoms with Gasteiger partial charge in [0.25, 0.3) is 6.43 Å². The lowest BCUT2D eigenvalue weighted by molar-refractivity contribution is 0.0513. The van der Waals surface area contributed by atoms with E-state index in [4.69, 9.17) is 5.26 Å². The van der Waals surface area contributed by atoms with Crippen molar-refractivity contribution in [2.75, 3.05) is 6.61 Å². The SMILES string of the molecule is CCOC(=O)c1c(C(F)F)ncc(C)c1C#N. The number of ether oxygens (including phenoxy) is 1. The average Bonchev–Trinajstić information content (AvgIpc) is 2.28. The lowest BCUT2D eigenvalue weighted by Crippen LogP contribution is -2.13. The molecular weight excluding hydrogens is 230 g/mol. The van der Waals surface area contributed by atoms with Crippen LogP contribution >= 0.6 is 0 Å². The normalized spacial score (nSPS) is 10.1. The van der Waals surface area contributed by atoms with Crippen LogP contribution in [0.25, 0.3) is 0 Å². The molecule has 0 radical (unpaired) electrons. The fourth-order valence-corrected chi connectivity index (χ4v) is 1.34. The van der Waals surface area contributed by atoms with Crippen LogP contribution in [0.5, 0.6) is 0 Å². The molecule has 1 rings (SSSR count). The van der Waals surface area contributed by atoms with Crippen molar-refractivity contribution >= 4 is 5.97 Å². The zero-order valence-electron chi connectivity index (χ0n) is 9.33. The third-order valence-corrected chi connectivity index (χ3v) is 2.10. The summed E-state index contributed by atoms with van der Waals surface area (Å²) >= 11 is 0. The van der Waals surface area contributed by atoms with Gasteiger partial charge in [-0.2, -0.15) is 5.26 Å². The number of alkyl halides is 2. The van der Waals surface area contributed by atoms with Crippen LogP contribution in [0, 0.1) is 18.3 Å². The van der Waals surface area contributed by atoms with Crippen LogP contribution in [0.2, 0.25) is 0 Å². The highest BCUT2D eigenvalue weighted by molar-refractivity contribution is 5.93. The van der Waals surface area contributed by atoms with E-state index in [9.17, 15) is 13.6 Å². The number of rotatable bonds is 3. The molecule has 0 aliphatic heterocycles. The van der Waals surface area contributed by atoms with E-state index in [0.29, 0.717) is 5.56 Å². The Labute approximate surface area is 96.8 Å². The van der Waals surface area contributed by atoms with Crippen LogP contribution in [-0.4, -0.2) is 17.6 Å². The predicted molar refractivity (Wildman–Crippen MR) is 54.6 cm³/mol. The van der Waals surface area contributed by atoms with E-state index in [0.717, 1.165) is 6.20 Å². The van der Waals surface area contributed by atoms with Crippen LogP contribution in [0.15, 0.2) is 6.20 Å². The summed E-state index contributed by atoms with van der Waals surface area (Å²) in [4.78, 5) is 15.0. The molecule has 0 saturated carbocycles. The van der Waals surface area contributed by atoms with Crippen LogP contribution in [0.3, 0.4) is 0 Å². The van der Waals surface area contributed by atoms with Gasteiger partial charge in [-0.15, -0.1) is 0 Å². The van der Waals surface area contributed by atoms with Gasteiger partial charge in [0.05, 0.1) is 12.2 Å². The van der Waals surface area contributed by atoms with E-state index in [1.165, 1.54) is 6.92 Å². The summed E-state index contributed by atoms with van der Waals surface area (Å²) < 4.78 is 30.0. The topological polar surface area (TPSA) is 63.0 Å². The first-order valence-electron chi connectivity index (χ1n) is 4.87. The van der Waals surface area contributed by atoms with Gasteiger partial charge in [0.1, 0.15) is 17.3 Å². The Hall–Kier alpha value is -2.03. The monoisotopic (exact) mass is 240 g/mol. The Bertz CT molecular complexity index is 481. The molecule has 0 aromatic carbocycles. The van der Waals surface area contributed by atoms with Crippen molar-refractivity contribution in [1.29, 1.82) is 5.26 Å². The molecule has 0 saturated heterocycles. The lowest BCUT2D eigenvalue weighted by Gasteiger charge is -2.10. The summed E-state index contributed by atoms with van der Waals surface area (Å²) in [7, 11) is 0. The van der Waals surface area contributed by atoms with Crippen molar-refractivity contribution in [1.82, 2.24) is 4.98 Å². The van der Waals surface area contributed by atoms with E-state index in [2.05, 4.69) is 9.72 Å². The minimum Gasteiger partial charge on any atom is -0.462 e. The molecule has 1 aromatic rings. The lowest BCUT2D eigenvalue weighted by atomic mass is 10.0. The standard InChI is InChI=1S/C11H10F2N2O2/c1-3-17-11(16)8-7(4-14)6(2)5-15-9(8)10(12)13/h5,10H,3H2,1-2H3. The Morgan fingerprint density at radius 3 is 2.76 bits per heavy atom. The first-order valence-corrected chi connectivity index (χ1v) is 4.87. The van der Waals surface area contributed by atoms with E-state index in [-0.39, 0.29) is 12.2 Å². The van der Waals surface area contributed by atoms with Gasteiger partial charge in [0, 0.05) is 6.20 Å². The van der Waals surface area contributed by atoms with Crippen LogP contribution in [0.4, 0.5) is 8.78 Å². The van der Waals surface area contributed by atoms with E-state index in [1.54, 1.807) is 13.0 Å². The molecule has 0 unspecified atom stereocenters. The molecule has 0 N–H and O–H groups in total. The fourth-order valence-electron chi connectivity index (χ4n) is 1.34. The molecule has 0 atom stereocenters. The second-order valence-corrected chi connectivity index (χ2v) is 3.21. The minimum absolute atomic E-state index is 0.0420. The largest absolute Gasteiger partial charge is 0.462 e. The van der Waals surface area contributed by atoms with Crippen LogP contribution < -0.4 is 0 Å². The van der Waals surface area contributed by atoms with Crippen molar-refractivity contribution < 1.29 is 18.3 Å². The van der Waals surface area contributed by atoms with Crippen molar-refractivity contribution in [3.63, 3.8) is 0 Å². The molecule has 0 spiro atoms. The molecule has 17 heavy (non-hydrogen) atoms. The Balaban J connectivity index is 3.45. The number of hydrogen-bond donors (Lipinski definition) is 0. The van der Waals surface area contributed by atoms with Crippen molar-refractivity contribution in [2.24, 2.45) is 0 Å². The maximum atomic E-state index is 12.7. The number of aromatic nitrogens is 1. The van der Waals surface area contributed by atoms with Crippen LogP contribution in [-0.2, 0) is 4.74 Å². The number of pyridine rings is 1. The van der Waals surface area contributed by atoms with Gasteiger partial charge in [-0.3, -0.25) is 4.98 Å². The molecule has 0 bridgehead atoms. The van der Waals surface area contributed by atoms with Crippen molar-refractivity contribution in [3.05, 3.63) is 28.6 Å². The summed E-state index contributed by atoms with van der Waals surface area (Å²) in [6.45, 7) is 3.11. The number of hydrogen-bond acceptors (Lipinski definition) is 4. The Morgan fingerprint density at radius 2 is 2.29 bits per heavy atom. The molecular formula is C11H10F2N2O2. The number of esters is 1. The van der Waals surface area contributed by atoms with Gasteiger partial charge in [-0.25, -0.2) is 13.6 Å². The van der Waals surface area contributed by atoms with Gasteiger partial charge >= 0.3 is 5.97 Å². The smallest absolute Gasteiger partial charge is 0.341 e. The number of carbonyl (C=O) groups excluding carboxylic acids is 1. The molecule has 1 aromatic heterocycles. The molecule has 0 aliphatic rings. The molecule has 0 aliphatic carbocycles. The summed E-state index contributed by atoms with van der Waals surface area (Å²) in [6, 6.07) is 1.72. The van der Waals surface area contributed by atoms with Crippen molar-refractivity contribution in [3.8, 4) is 6.07 Å². The van der Waals surface area contributed by atoms with Crippen LogP contribution in [0.1, 0.15) is 40.5 Å². The highest BCUT2D eigenvalue weighted by Crippen LogP contribution is 2.25. The molecule has 6 heteroatoms. The Morgan fingerprint density at radius 1 is 1.65 bits per heavy atom. The van der Waals surface area contributed by atoms with E-state index in [1.807, 2.05) is 0 Å². The average molecular weight is 240 g/mol. The third kappa shape index (κ3) is 2.56. The highest BCUT2D eigenvalue weighted by atomic mass is 19.3. The second kappa shape index (κ2) is 5.34. The quantitative estimate of drug-likeness (QED) is 0.761. The second-order valence-electron chi connectivity index (χ2n) is 3.21. The maximum absolute atomic E-state index is 12.7. The van der Waals surface area contributed by atoms with Gasteiger partial charge in [-0.05, 0) is 19.4 Å². The third-order valence-electron chi connectivity index (χ3n) is 2.10. The number of halogens is 2. The summed E-state index contributed by atoms with van der Waals surface area (Å²) in [5.74, 6) is -0.949. The molecule has 0 amide bonds. The number of aryl methyl sites for hydroxylation is 1. The number of nitriles is 1. The molecule has 4 nitrogen and oxygen atoms in total. The maximum Gasteiger partial charge on any atom is 0.341 e. The van der Waals surface area contributed by atoms with Crippen molar-refractivity contribution in [2.45, 2.75) is 20.3 Å². The predicted octanol–water partition coefficient (Wildman–Crippen LogP) is 2.38. The summed E-state index contributed by atoms with van der Waals surface area (Å²) in [5, 5.41) is 8.89. The number of carbonyl (C=O) groups is 1. The van der Waals surface area contributed by atoms with Gasteiger partial charge < -0.3 is 4.74 Å². The van der Waals surface area contributed by atoms with Gasteiger partial charge in [0.2, 0.25) is 0 Å². The summed E-state index contributed by atoms with van der Waals surface area (Å²) in [6.07, 6.45) is -1.79. The molecule has 90 valence electrons. The minimum atomic E-state index is -2.93. The summed E-state index contributed by atoms with van der Waals surface area (Å²) in [5.41, 5.74) is -0.913. The molecule has 0 fully saturated rings. The first-order chi connectivity index (χ1) is 8.02. The fraction of sp³-hybridized carbons (Fsp3) is 0.364. The van der Waals surface area contributed by atoms with Gasteiger partial charge in [0.15, 0.2) is 0 Å². The zero-order valence-corrected chi connectivity index (χ0v) is 9.33. The number of nitrogens with zero attached hydrogens (tertiary/aromatic N) is 2. The first kappa shape index (κ1) is 13.0. The Kier molecular flexibility index (Phi) is 4.10. The van der Waals surface area contributed by atoms with Gasteiger partial charge in [-0.1, -0.05) is 0 Å². The van der Waals surface area contributed by atoms with E-state index >= 15 is 0 Å². The highest BCUT2D eigenvalue weighted by Gasteiger charge is 2.25. The zero-order chi connectivity index (χ0) is 13.0.